The molecule has 2 aliphatic heterocycles. The number of benzene rings is 2. The van der Waals surface area contributed by atoms with Crippen LogP contribution in [0.5, 0.6) is 0 Å². The van der Waals surface area contributed by atoms with Crippen molar-refractivity contribution in [3.8, 4) is 0 Å². The van der Waals surface area contributed by atoms with Gasteiger partial charge >= 0.3 is 0 Å². The van der Waals surface area contributed by atoms with E-state index in [9.17, 15) is 13.2 Å². The first-order valence-corrected chi connectivity index (χ1v) is 14.1. The molecule has 3 atom stereocenters. The summed E-state index contributed by atoms with van der Waals surface area (Å²) in [7, 11) is -0.514. The lowest BCUT2D eigenvalue weighted by Gasteiger charge is -2.38. The van der Waals surface area contributed by atoms with E-state index in [4.69, 9.17) is 9.47 Å². The molecule has 1 N–H and O–H groups in total. The Morgan fingerprint density at radius 1 is 1.14 bits per heavy atom. The molecule has 2 fully saturated rings. The Bertz CT molecular complexity index is 1220. The molecule has 2 aromatic carbocycles. The Hall–Kier alpha value is -2.40. The van der Waals surface area contributed by atoms with Crippen LogP contribution in [0.2, 0.25) is 0 Å². The topological polar surface area (TPSA) is 84.9 Å². The Morgan fingerprint density at radius 2 is 1.81 bits per heavy atom. The third-order valence-electron chi connectivity index (χ3n) is 7.49. The van der Waals surface area contributed by atoms with Gasteiger partial charge < -0.3 is 19.7 Å². The smallest absolute Gasteiger partial charge is 0.248 e. The van der Waals surface area contributed by atoms with E-state index in [1.165, 1.54) is 4.90 Å². The molecular formula is C27H34F2N2O5S. The monoisotopic (exact) mass is 536 g/mol. The van der Waals surface area contributed by atoms with Crippen LogP contribution in [0.3, 0.4) is 0 Å². The molecule has 10 heteroatoms. The van der Waals surface area contributed by atoms with E-state index >= 15 is 8.78 Å². The van der Waals surface area contributed by atoms with E-state index in [-0.39, 0.29) is 62.7 Å². The Morgan fingerprint density at radius 3 is 2.46 bits per heavy atom. The Balaban J connectivity index is 1.63. The van der Waals surface area contributed by atoms with E-state index in [0.29, 0.717) is 5.56 Å². The van der Waals surface area contributed by atoms with Crippen molar-refractivity contribution in [1.82, 2.24) is 10.2 Å². The second-order valence-electron chi connectivity index (χ2n) is 10.0. The van der Waals surface area contributed by atoms with Crippen LogP contribution in [-0.2, 0) is 36.1 Å². The summed E-state index contributed by atoms with van der Waals surface area (Å²) in [5.74, 6) is -1.68. The minimum absolute atomic E-state index is 0.0104. The van der Waals surface area contributed by atoms with Crippen molar-refractivity contribution in [1.29, 1.82) is 0 Å². The van der Waals surface area contributed by atoms with Crippen molar-refractivity contribution in [3.63, 3.8) is 0 Å². The number of carbonyl (C=O) groups is 1. The normalized spacial score (nSPS) is 24.9. The number of likely N-dealkylation sites (N-methyl/N-ethyl adjacent to an activating group) is 1. The molecule has 0 spiro atoms. The maximum atomic E-state index is 15.6. The predicted molar refractivity (Wildman–Crippen MR) is 136 cm³/mol. The summed E-state index contributed by atoms with van der Waals surface area (Å²) in [6.45, 7) is 2.29. The van der Waals surface area contributed by atoms with Gasteiger partial charge in [-0.2, -0.15) is 0 Å². The van der Waals surface area contributed by atoms with Crippen LogP contribution in [0.15, 0.2) is 42.5 Å². The highest BCUT2D eigenvalue weighted by molar-refractivity contribution is 7.92. The predicted octanol–water partition coefficient (Wildman–Crippen LogP) is 3.13. The van der Waals surface area contributed by atoms with Crippen molar-refractivity contribution in [3.05, 3.63) is 70.8 Å². The molecular weight excluding hydrogens is 502 g/mol. The average molecular weight is 537 g/mol. The quantitative estimate of drug-likeness (QED) is 0.586. The summed E-state index contributed by atoms with van der Waals surface area (Å²) in [5.41, 5.74) is -0.538. The van der Waals surface area contributed by atoms with Crippen LogP contribution in [-0.4, -0.2) is 71.0 Å². The summed E-state index contributed by atoms with van der Waals surface area (Å²) in [6.07, 6.45) is 0.360. The summed E-state index contributed by atoms with van der Waals surface area (Å²) >= 11 is 0. The maximum Gasteiger partial charge on any atom is 0.248 e. The van der Waals surface area contributed by atoms with Crippen molar-refractivity contribution in [2.24, 2.45) is 0 Å². The van der Waals surface area contributed by atoms with Gasteiger partial charge in [-0.1, -0.05) is 30.3 Å². The highest BCUT2D eigenvalue weighted by Crippen LogP contribution is 2.39. The zero-order chi connectivity index (χ0) is 26.8. The van der Waals surface area contributed by atoms with Crippen LogP contribution in [0.4, 0.5) is 8.78 Å². The second-order valence-corrected chi connectivity index (χ2v) is 12.4. The molecule has 0 bridgehead atoms. The average Bonchev–Trinajstić information content (AvgIpc) is 2.87. The number of sulfone groups is 1. The number of hydrogen-bond acceptors (Lipinski definition) is 6. The molecule has 1 unspecified atom stereocenters. The molecule has 0 aromatic heterocycles. The molecule has 2 heterocycles. The van der Waals surface area contributed by atoms with Crippen molar-refractivity contribution in [2.75, 3.05) is 40.5 Å². The number of carbonyl (C=O) groups excluding carboxylic acids is 1. The zero-order valence-electron chi connectivity index (χ0n) is 21.4. The fraction of sp³-hybridized carbons (Fsp3) is 0.519. The number of rotatable bonds is 7. The van der Waals surface area contributed by atoms with E-state index in [0.717, 1.165) is 12.1 Å². The zero-order valence-corrected chi connectivity index (χ0v) is 22.2. The van der Waals surface area contributed by atoms with Crippen molar-refractivity contribution < 1.29 is 31.5 Å². The Labute approximate surface area is 217 Å². The lowest BCUT2D eigenvalue weighted by Crippen LogP contribution is -2.53. The fourth-order valence-electron chi connectivity index (χ4n) is 5.14. The molecule has 2 aromatic rings. The Kier molecular flexibility index (Phi) is 8.32. The second kappa shape index (κ2) is 11.1. The highest BCUT2D eigenvalue weighted by Gasteiger charge is 2.43. The van der Waals surface area contributed by atoms with Gasteiger partial charge in [-0.3, -0.25) is 4.79 Å². The summed E-state index contributed by atoms with van der Waals surface area (Å²) < 4.78 is 69.6. The maximum absolute atomic E-state index is 15.6. The first-order valence-electron chi connectivity index (χ1n) is 12.5. The van der Waals surface area contributed by atoms with Crippen LogP contribution in [0.25, 0.3) is 0 Å². The number of amides is 1. The fourth-order valence-corrected chi connectivity index (χ4v) is 7.50. The minimum atomic E-state index is -3.70. The number of hydrogen-bond donors (Lipinski definition) is 1. The number of nitrogens with zero attached hydrogens (tertiary/aromatic N) is 1. The van der Waals surface area contributed by atoms with Gasteiger partial charge in [0.1, 0.15) is 23.8 Å². The van der Waals surface area contributed by atoms with Crippen LogP contribution < -0.4 is 5.32 Å². The minimum Gasteiger partial charge on any atom is -0.381 e. The SMILES string of the molecule is C[C@@H]1NC[C@@H](c2ccccc2)S(=O)(=O)C1Cc1cc(F)c(C2(OCC(=O)N(C)C)CCOCC2)cc1F. The van der Waals surface area contributed by atoms with Gasteiger partial charge in [0.15, 0.2) is 9.84 Å². The molecule has 7 nitrogen and oxygen atoms in total. The molecule has 2 saturated heterocycles. The molecule has 1 amide bonds. The summed E-state index contributed by atoms with van der Waals surface area (Å²) in [4.78, 5) is 13.5. The van der Waals surface area contributed by atoms with Crippen LogP contribution in [0.1, 0.15) is 41.7 Å². The largest absolute Gasteiger partial charge is 0.381 e. The molecule has 202 valence electrons. The number of halogens is 2. The van der Waals surface area contributed by atoms with Gasteiger partial charge in [-0.15, -0.1) is 0 Å². The van der Waals surface area contributed by atoms with E-state index < -0.39 is 43.6 Å². The van der Waals surface area contributed by atoms with Crippen molar-refractivity contribution in [2.45, 2.75) is 48.3 Å². The van der Waals surface area contributed by atoms with Gasteiger partial charge in [0.25, 0.3) is 0 Å². The first-order chi connectivity index (χ1) is 17.5. The van der Waals surface area contributed by atoms with E-state index in [2.05, 4.69) is 5.32 Å². The van der Waals surface area contributed by atoms with Crippen LogP contribution in [0, 0.1) is 11.6 Å². The van der Waals surface area contributed by atoms with Crippen LogP contribution >= 0.6 is 0 Å². The molecule has 2 aliphatic rings. The highest BCUT2D eigenvalue weighted by atomic mass is 32.2. The lowest BCUT2D eigenvalue weighted by molar-refractivity contribution is -0.152. The molecule has 0 radical (unpaired) electrons. The van der Waals surface area contributed by atoms with Gasteiger partial charge in [0.05, 0.1) is 10.5 Å². The number of nitrogens with one attached hydrogen (secondary N) is 1. The molecule has 0 saturated carbocycles. The van der Waals surface area contributed by atoms with Crippen molar-refractivity contribution >= 4 is 15.7 Å². The number of ether oxygens (including phenoxy) is 2. The summed E-state index contributed by atoms with van der Waals surface area (Å²) in [5, 5.41) is 1.53. The third-order valence-corrected chi connectivity index (χ3v) is 10.1. The van der Waals surface area contributed by atoms with Gasteiger partial charge in [0, 0.05) is 58.3 Å². The van der Waals surface area contributed by atoms with Gasteiger partial charge in [0.2, 0.25) is 5.91 Å². The molecule has 4 rings (SSSR count). The van der Waals surface area contributed by atoms with Gasteiger partial charge in [-0.05, 0) is 36.6 Å². The third kappa shape index (κ3) is 5.72. The lowest BCUT2D eigenvalue weighted by atomic mass is 9.84. The first kappa shape index (κ1) is 27.6. The van der Waals surface area contributed by atoms with E-state index in [1.54, 1.807) is 45.3 Å². The van der Waals surface area contributed by atoms with Gasteiger partial charge in [-0.25, -0.2) is 17.2 Å². The standard InChI is InChI=1S/C27H34F2N2O5S/c1-18-24(37(33,34)25(16-30-18)19-7-5-4-6-8-19)14-20-13-23(29)21(15-22(20)28)27(9-11-35-12-10-27)36-17-26(32)31(2)3/h4-8,13,15,18,24-25,30H,9-12,14,16-17H2,1-3H3/t18-,24?,25-/m0/s1. The molecule has 37 heavy (non-hydrogen) atoms. The van der Waals surface area contributed by atoms with E-state index in [1.807, 2.05) is 6.07 Å². The molecule has 0 aliphatic carbocycles. The summed E-state index contributed by atoms with van der Waals surface area (Å²) in [6, 6.07) is 10.6.